The quantitative estimate of drug-likeness (QED) is 0.719. The van der Waals surface area contributed by atoms with Crippen molar-refractivity contribution in [2.75, 3.05) is 26.2 Å². The molecular weight excluding hydrogens is 232 g/mol. The summed E-state index contributed by atoms with van der Waals surface area (Å²) < 4.78 is 5.53. The average molecular weight is 256 g/mol. The van der Waals surface area contributed by atoms with Crippen LogP contribution >= 0.6 is 0 Å². The van der Waals surface area contributed by atoms with Crippen molar-refractivity contribution in [1.82, 2.24) is 10.2 Å². The minimum atomic E-state index is -0.0715. The fraction of sp³-hybridized carbons (Fsp3) is 0.846. The van der Waals surface area contributed by atoms with Gasteiger partial charge in [-0.15, -0.1) is 0 Å². The summed E-state index contributed by atoms with van der Waals surface area (Å²) in [4.78, 5) is 24.5. The van der Waals surface area contributed by atoms with Crippen LogP contribution in [0.1, 0.15) is 39.5 Å². The topological polar surface area (TPSA) is 58.6 Å². The molecule has 0 spiro atoms. The van der Waals surface area contributed by atoms with Gasteiger partial charge in [-0.1, -0.05) is 19.8 Å². The molecule has 5 nitrogen and oxygen atoms in total. The summed E-state index contributed by atoms with van der Waals surface area (Å²) in [6.07, 6.45) is 3.65. The lowest BCUT2D eigenvalue weighted by Crippen LogP contribution is -2.49. The van der Waals surface area contributed by atoms with E-state index in [1.807, 2.05) is 0 Å². The van der Waals surface area contributed by atoms with Crippen LogP contribution in [0, 0.1) is 0 Å². The van der Waals surface area contributed by atoms with Crippen LogP contribution < -0.4 is 5.32 Å². The molecule has 0 aromatic heterocycles. The zero-order valence-corrected chi connectivity index (χ0v) is 11.4. The van der Waals surface area contributed by atoms with Crippen molar-refractivity contribution in [3.8, 4) is 0 Å². The standard InChI is InChI=1S/C13H24N2O3/c1-3-4-5-6-13(17)14-9-12-10-15(11(2)16)7-8-18-12/h12H,3-10H2,1-2H3,(H,14,17)/t12-/m0/s1. The fourth-order valence-electron chi connectivity index (χ4n) is 1.98. The van der Waals surface area contributed by atoms with Gasteiger partial charge in [-0.25, -0.2) is 0 Å². The Kier molecular flexibility index (Phi) is 6.72. The number of unbranched alkanes of at least 4 members (excludes halogenated alkanes) is 2. The van der Waals surface area contributed by atoms with Crippen LogP contribution in [-0.4, -0.2) is 49.1 Å². The molecule has 1 aliphatic rings. The number of amides is 2. The minimum Gasteiger partial charge on any atom is -0.373 e. The van der Waals surface area contributed by atoms with Crippen molar-refractivity contribution < 1.29 is 14.3 Å². The highest BCUT2D eigenvalue weighted by Crippen LogP contribution is 2.05. The molecule has 1 heterocycles. The van der Waals surface area contributed by atoms with Crippen LogP contribution in [0.25, 0.3) is 0 Å². The van der Waals surface area contributed by atoms with Gasteiger partial charge >= 0.3 is 0 Å². The van der Waals surface area contributed by atoms with Gasteiger partial charge in [-0.05, 0) is 6.42 Å². The predicted octanol–water partition coefficient (Wildman–Crippen LogP) is 0.930. The van der Waals surface area contributed by atoms with E-state index in [1.165, 1.54) is 0 Å². The monoisotopic (exact) mass is 256 g/mol. The van der Waals surface area contributed by atoms with E-state index in [0.29, 0.717) is 32.7 Å². The molecule has 104 valence electrons. The first-order chi connectivity index (χ1) is 8.63. The van der Waals surface area contributed by atoms with Crippen LogP contribution in [0.15, 0.2) is 0 Å². The molecule has 1 atom stereocenters. The van der Waals surface area contributed by atoms with E-state index < -0.39 is 0 Å². The Morgan fingerprint density at radius 1 is 1.39 bits per heavy atom. The van der Waals surface area contributed by atoms with Gasteiger partial charge in [0.25, 0.3) is 0 Å². The summed E-state index contributed by atoms with van der Waals surface area (Å²) >= 11 is 0. The number of nitrogens with zero attached hydrogens (tertiary/aromatic N) is 1. The number of hydrogen-bond donors (Lipinski definition) is 1. The van der Waals surface area contributed by atoms with E-state index in [-0.39, 0.29) is 17.9 Å². The van der Waals surface area contributed by atoms with E-state index in [4.69, 9.17) is 4.74 Å². The first-order valence-corrected chi connectivity index (χ1v) is 6.77. The second-order valence-electron chi connectivity index (χ2n) is 4.72. The summed E-state index contributed by atoms with van der Waals surface area (Å²) in [6.45, 7) is 5.95. The van der Waals surface area contributed by atoms with Crippen molar-refractivity contribution in [3.05, 3.63) is 0 Å². The van der Waals surface area contributed by atoms with Crippen LogP contribution in [0.3, 0.4) is 0 Å². The second kappa shape index (κ2) is 8.08. The molecule has 0 aliphatic carbocycles. The van der Waals surface area contributed by atoms with Gasteiger partial charge in [0.05, 0.1) is 12.7 Å². The van der Waals surface area contributed by atoms with Gasteiger partial charge in [0.2, 0.25) is 11.8 Å². The highest BCUT2D eigenvalue weighted by molar-refractivity contribution is 5.76. The lowest BCUT2D eigenvalue weighted by atomic mass is 10.2. The van der Waals surface area contributed by atoms with Gasteiger partial charge in [0.15, 0.2) is 0 Å². The van der Waals surface area contributed by atoms with Crippen LogP contribution in [0.2, 0.25) is 0 Å². The molecular formula is C13H24N2O3. The van der Waals surface area contributed by atoms with Crippen LogP contribution in [-0.2, 0) is 14.3 Å². The molecule has 18 heavy (non-hydrogen) atoms. The van der Waals surface area contributed by atoms with Gasteiger partial charge in [-0.2, -0.15) is 0 Å². The molecule has 1 N–H and O–H groups in total. The lowest BCUT2D eigenvalue weighted by molar-refractivity contribution is -0.136. The lowest BCUT2D eigenvalue weighted by Gasteiger charge is -2.32. The summed E-state index contributed by atoms with van der Waals surface area (Å²) in [6, 6.07) is 0. The molecule has 0 saturated carbocycles. The molecule has 1 fully saturated rings. The molecule has 0 radical (unpaired) electrons. The molecule has 0 bridgehead atoms. The highest BCUT2D eigenvalue weighted by atomic mass is 16.5. The number of nitrogens with one attached hydrogen (secondary N) is 1. The van der Waals surface area contributed by atoms with Crippen molar-refractivity contribution in [2.24, 2.45) is 0 Å². The average Bonchev–Trinajstić information content (AvgIpc) is 2.37. The third-order valence-electron chi connectivity index (χ3n) is 3.12. The van der Waals surface area contributed by atoms with Crippen molar-refractivity contribution in [1.29, 1.82) is 0 Å². The first-order valence-electron chi connectivity index (χ1n) is 6.77. The van der Waals surface area contributed by atoms with E-state index in [9.17, 15) is 9.59 Å². The summed E-state index contributed by atoms with van der Waals surface area (Å²) in [5.74, 6) is 0.143. The van der Waals surface area contributed by atoms with Gasteiger partial charge in [0, 0.05) is 33.0 Å². The molecule has 5 heteroatoms. The zero-order chi connectivity index (χ0) is 13.4. The number of carbonyl (C=O) groups is 2. The predicted molar refractivity (Wildman–Crippen MR) is 69.1 cm³/mol. The molecule has 1 aliphatic heterocycles. The van der Waals surface area contributed by atoms with Gasteiger partial charge in [-0.3, -0.25) is 9.59 Å². The van der Waals surface area contributed by atoms with E-state index >= 15 is 0 Å². The highest BCUT2D eigenvalue weighted by Gasteiger charge is 2.22. The number of ether oxygens (including phenoxy) is 1. The Bertz CT molecular complexity index is 281. The molecule has 1 saturated heterocycles. The Labute approximate surface area is 109 Å². The largest absolute Gasteiger partial charge is 0.373 e. The number of hydrogen-bond acceptors (Lipinski definition) is 3. The van der Waals surface area contributed by atoms with E-state index in [2.05, 4.69) is 12.2 Å². The summed E-state index contributed by atoms with van der Waals surface area (Å²) in [5, 5.41) is 2.87. The van der Waals surface area contributed by atoms with Crippen molar-refractivity contribution in [3.63, 3.8) is 0 Å². The molecule has 1 rings (SSSR count). The van der Waals surface area contributed by atoms with Gasteiger partial charge in [0.1, 0.15) is 0 Å². The smallest absolute Gasteiger partial charge is 0.220 e. The number of rotatable bonds is 6. The SMILES string of the molecule is CCCCCC(=O)NC[C@H]1CN(C(C)=O)CCO1. The maximum absolute atomic E-state index is 11.5. The third kappa shape index (κ3) is 5.49. The van der Waals surface area contributed by atoms with E-state index in [0.717, 1.165) is 19.3 Å². The van der Waals surface area contributed by atoms with Crippen LogP contribution in [0.5, 0.6) is 0 Å². The normalized spacial score (nSPS) is 19.7. The van der Waals surface area contributed by atoms with Crippen LogP contribution in [0.4, 0.5) is 0 Å². The Balaban J connectivity index is 2.18. The maximum Gasteiger partial charge on any atom is 0.220 e. The summed E-state index contributed by atoms with van der Waals surface area (Å²) in [5.41, 5.74) is 0. The molecule has 0 aromatic carbocycles. The van der Waals surface area contributed by atoms with E-state index in [1.54, 1.807) is 11.8 Å². The molecule has 2 amide bonds. The maximum atomic E-state index is 11.5. The fourth-order valence-corrected chi connectivity index (χ4v) is 1.98. The molecule has 0 unspecified atom stereocenters. The minimum absolute atomic E-state index is 0.0672. The molecule has 0 aromatic rings. The second-order valence-corrected chi connectivity index (χ2v) is 4.72. The summed E-state index contributed by atoms with van der Waals surface area (Å²) in [7, 11) is 0. The van der Waals surface area contributed by atoms with Crippen molar-refractivity contribution in [2.45, 2.75) is 45.6 Å². The number of carbonyl (C=O) groups excluding carboxylic acids is 2. The zero-order valence-electron chi connectivity index (χ0n) is 11.4. The third-order valence-corrected chi connectivity index (χ3v) is 3.12. The van der Waals surface area contributed by atoms with Gasteiger partial charge < -0.3 is 15.0 Å². The number of morpholine rings is 1. The Morgan fingerprint density at radius 3 is 2.83 bits per heavy atom. The Hall–Kier alpha value is -1.10. The van der Waals surface area contributed by atoms with Crippen molar-refractivity contribution >= 4 is 11.8 Å². The Morgan fingerprint density at radius 2 is 2.17 bits per heavy atom. The first kappa shape index (κ1) is 15.0.